The predicted octanol–water partition coefficient (Wildman–Crippen LogP) is 1.72. The van der Waals surface area contributed by atoms with Gasteiger partial charge in [-0.25, -0.2) is 0 Å². The summed E-state index contributed by atoms with van der Waals surface area (Å²) in [7, 11) is 0. The first-order valence-corrected chi connectivity index (χ1v) is 8.45. The average molecular weight is 417 g/mol. The number of nitrogens with zero attached hydrogens (tertiary/aromatic N) is 1. The Morgan fingerprint density at radius 3 is 2.75 bits per heavy atom. The number of nitrogens with one attached hydrogen (secondary N) is 2. The van der Waals surface area contributed by atoms with Gasteiger partial charge in [-0.2, -0.15) is 0 Å². The topological polar surface area (TPSA) is 78.5 Å². The minimum Gasteiger partial charge on any atom is -0.350 e. The van der Waals surface area contributed by atoms with Crippen molar-refractivity contribution < 1.29 is 14.4 Å². The first kappa shape index (κ1) is 18.9. The van der Waals surface area contributed by atoms with Gasteiger partial charge in [-0.1, -0.05) is 15.9 Å². The van der Waals surface area contributed by atoms with E-state index >= 15 is 0 Å². The predicted molar refractivity (Wildman–Crippen MR) is 95.4 cm³/mol. The zero-order valence-corrected chi connectivity index (χ0v) is 15.6. The number of carbonyl (C=O) groups is 3. The molecule has 2 atom stereocenters. The zero-order chi connectivity index (χ0) is 16.6. The van der Waals surface area contributed by atoms with E-state index in [4.69, 9.17) is 0 Å². The average Bonchev–Trinajstić information content (AvgIpc) is 2.74. The second-order valence-electron chi connectivity index (χ2n) is 5.95. The van der Waals surface area contributed by atoms with Crippen molar-refractivity contribution in [2.75, 3.05) is 13.1 Å². The Balaban J connectivity index is 0.00000208. The van der Waals surface area contributed by atoms with Gasteiger partial charge in [0, 0.05) is 16.6 Å². The van der Waals surface area contributed by atoms with Crippen molar-refractivity contribution in [2.45, 2.75) is 31.8 Å². The van der Waals surface area contributed by atoms with Crippen molar-refractivity contribution in [1.82, 2.24) is 15.5 Å². The Morgan fingerprint density at radius 1 is 1.33 bits per heavy atom. The molecule has 2 aliphatic rings. The van der Waals surface area contributed by atoms with Crippen molar-refractivity contribution in [3.8, 4) is 0 Å². The number of halogens is 2. The second-order valence-corrected chi connectivity index (χ2v) is 6.86. The van der Waals surface area contributed by atoms with Gasteiger partial charge in [-0.15, -0.1) is 12.4 Å². The van der Waals surface area contributed by atoms with Gasteiger partial charge in [0.25, 0.3) is 11.8 Å². The standard InChI is InChI=1S/C16H18BrN3O3.ClH/c1-9-13(3-2-6-18-9)19-14(21)8-20-15(22)11-5-4-10(17)7-12(11)16(20)23;/h4-5,7,9,13,18H,2-3,6,8H2,1H3,(H,19,21);1H. The molecule has 2 unspecified atom stereocenters. The molecule has 1 aromatic carbocycles. The van der Waals surface area contributed by atoms with Crippen molar-refractivity contribution >= 4 is 46.1 Å². The van der Waals surface area contributed by atoms with Gasteiger partial charge in [-0.3, -0.25) is 19.3 Å². The fourth-order valence-electron chi connectivity index (χ4n) is 3.04. The molecule has 8 heteroatoms. The first-order chi connectivity index (χ1) is 11.0. The highest BCUT2D eigenvalue weighted by Gasteiger charge is 2.37. The molecule has 0 spiro atoms. The summed E-state index contributed by atoms with van der Waals surface area (Å²) >= 11 is 3.29. The number of carbonyl (C=O) groups excluding carboxylic acids is 3. The van der Waals surface area contributed by atoms with E-state index in [1.807, 2.05) is 6.92 Å². The Bertz CT molecular complexity index is 683. The van der Waals surface area contributed by atoms with Crippen LogP contribution >= 0.6 is 28.3 Å². The molecular weight excluding hydrogens is 398 g/mol. The van der Waals surface area contributed by atoms with Gasteiger partial charge >= 0.3 is 0 Å². The molecule has 0 saturated carbocycles. The Morgan fingerprint density at radius 2 is 2.04 bits per heavy atom. The fourth-order valence-corrected chi connectivity index (χ4v) is 3.40. The zero-order valence-electron chi connectivity index (χ0n) is 13.2. The van der Waals surface area contributed by atoms with Gasteiger partial charge in [0.15, 0.2) is 0 Å². The molecule has 3 rings (SSSR count). The van der Waals surface area contributed by atoms with Crippen molar-refractivity contribution in [3.05, 3.63) is 33.8 Å². The van der Waals surface area contributed by atoms with Crippen LogP contribution in [0.15, 0.2) is 22.7 Å². The van der Waals surface area contributed by atoms with E-state index in [-0.39, 0.29) is 36.9 Å². The number of amides is 3. The van der Waals surface area contributed by atoms with E-state index in [9.17, 15) is 14.4 Å². The molecule has 0 aromatic heterocycles. The van der Waals surface area contributed by atoms with Crippen molar-refractivity contribution in [2.24, 2.45) is 0 Å². The van der Waals surface area contributed by atoms with Crippen molar-refractivity contribution in [3.63, 3.8) is 0 Å². The molecule has 130 valence electrons. The van der Waals surface area contributed by atoms with Gasteiger partial charge < -0.3 is 10.6 Å². The summed E-state index contributed by atoms with van der Waals surface area (Å²) in [5.74, 6) is -1.14. The minimum absolute atomic E-state index is 0. The van der Waals surface area contributed by atoms with Crippen LogP contribution in [0.3, 0.4) is 0 Å². The van der Waals surface area contributed by atoms with Crippen molar-refractivity contribution in [1.29, 1.82) is 0 Å². The number of benzene rings is 1. The lowest BCUT2D eigenvalue weighted by Crippen LogP contribution is -2.54. The second kappa shape index (κ2) is 7.63. The summed E-state index contributed by atoms with van der Waals surface area (Å²) in [6.45, 7) is 2.72. The fraction of sp³-hybridized carbons (Fsp3) is 0.438. The van der Waals surface area contributed by atoms with E-state index in [0.717, 1.165) is 28.8 Å². The maximum absolute atomic E-state index is 12.3. The highest BCUT2D eigenvalue weighted by Crippen LogP contribution is 2.25. The Kier molecular flexibility index (Phi) is 6.01. The maximum Gasteiger partial charge on any atom is 0.262 e. The highest BCUT2D eigenvalue weighted by atomic mass is 79.9. The summed E-state index contributed by atoms with van der Waals surface area (Å²) in [6, 6.07) is 5.14. The third-order valence-electron chi connectivity index (χ3n) is 4.34. The molecule has 1 aromatic rings. The van der Waals surface area contributed by atoms with Crippen LogP contribution in [-0.4, -0.2) is 47.8 Å². The maximum atomic E-state index is 12.3. The van der Waals surface area contributed by atoms with E-state index in [1.165, 1.54) is 0 Å². The van der Waals surface area contributed by atoms with Gasteiger partial charge in [0.1, 0.15) is 6.54 Å². The molecule has 0 aliphatic carbocycles. The lowest BCUT2D eigenvalue weighted by molar-refractivity contribution is -0.122. The SMILES string of the molecule is CC1NCCCC1NC(=O)CN1C(=O)c2ccc(Br)cc2C1=O.Cl. The third kappa shape index (κ3) is 3.63. The number of imide groups is 1. The quantitative estimate of drug-likeness (QED) is 0.736. The third-order valence-corrected chi connectivity index (χ3v) is 4.84. The van der Waals surface area contributed by atoms with Gasteiger partial charge in [0.05, 0.1) is 11.1 Å². The Hall–Kier alpha value is -1.44. The summed E-state index contributed by atoms with van der Waals surface area (Å²) in [5.41, 5.74) is 0.684. The van der Waals surface area contributed by atoms with Crippen LogP contribution in [0.4, 0.5) is 0 Å². The number of rotatable bonds is 3. The van der Waals surface area contributed by atoms with Gasteiger partial charge in [-0.05, 0) is 44.5 Å². The highest BCUT2D eigenvalue weighted by molar-refractivity contribution is 9.10. The van der Waals surface area contributed by atoms with Crippen LogP contribution in [-0.2, 0) is 4.79 Å². The molecule has 2 aliphatic heterocycles. The molecular formula is C16H19BrClN3O3. The molecule has 24 heavy (non-hydrogen) atoms. The molecule has 0 radical (unpaired) electrons. The number of fused-ring (bicyclic) bond motifs is 1. The lowest BCUT2D eigenvalue weighted by atomic mass is 10.00. The van der Waals surface area contributed by atoms with Crippen LogP contribution in [0.5, 0.6) is 0 Å². The van der Waals surface area contributed by atoms with E-state index in [0.29, 0.717) is 11.1 Å². The van der Waals surface area contributed by atoms with Crippen LogP contribution in [0.25, 0.3) is 0 Å². The van der Waals surface area contributed by atoms with Gasteiger partial charge in [0.2, 0.25) is 5.91 Å². The molecule has 2 N–H and O–H groups in total. The molecule has 0 bridgehead atoms. The number of piperidine rings is 1. The summed E-state index contributed by atoms with van der Waals surface area (Å²) in [6.07, 6.45) is 1.89. The molecule has 1 saturated heterocycles. The minimum atomic E-state index is -0.420. The largest absolute Gasteiger partial charge is 0.350 e. The van der Waals surface area contributed by atoms with Crippen LogP contribution in [0.2, 0.25) is 0 Å². The first-order valence-electron chi connectivity index (χ1n) is 7.66. The summed E-state index contributed by atoms with van der Waals surface area (Å²) in [4.78, 5) is 37.9. The summed E-state index contributed by atoms with van der Waals surface area (Å²) < 4.78 is 0.728. The molecule has 6 nitrogen and oxygen atoms in total. The van der Waals surface area contributed by atoms with Crippen LogP contribution in [0.1, 0.15) is 40.5 Å². The Labute approximate surface area is 154 Å². The summed E-state index contributed by atoms with van der Waals surface area (Å²) in [5, 5.41) is 6.22. The molecule has 1 fully saturated rings. The van der Waals surface area contributed by atoms with E-state index in [1.54, 1.807) is 18.2 Å². The molecule has 2 heterocycles. The molecule has 3 amide bonds. The normalized spacial score (nSPS) is 22.8. The van der Waals surface area contributed by atoms with Crippen LogP contribution < -0.4 is 10.6 Å². The number of hydrogen-bond acceptors (Lipinski definition) is 4. The smallest absolute Gasteiger partial charge is 0.262 e. The lowest BCUT2D eigenvalue weighted by Gasteiger charge is -2.31. The van der Waals surface area contributed by atoms with E-state index in [2.05, 4.69) is 26.6 Å². The van der Waals surface area contributed by atoms with Crippen LogP contribution in [0, 0.1) is 0 Å². The number of hydrogen-bond donors (Lipinski definition) is 2. The monoisotopic (exact) mass is 415 g/mol. The van der Waals surface area contributed by atoms with E-state index < -0.39 is 11.8 Å².